The molecule has 0 radical (unpaired) electrons. The van der Waals surface area contributed by atoms with Gasteiger partial charge < -0.3 is 4.90 Å². The third-order valence-electron chi connectivity index (χ3n) is 4.04. The number of hydrogen-bond donors (Lipinski definition) is 0. The van der Waals surface area contributed by atoms with Crippen molar-refractivity contribution in [1.82, 2.24) is 4.90 Å². The lowest BCUT2D eigenvalue weighted by Crippen LogP contribution is -2.45. The van der Waals surface area contributed by atoms with Crippen LogP contribution in [-0.4, -0.2) is 31.4 Å². The summed E-state index contributed by atoms with van der Waals surface area (Å²) >= 11 is 0. The third-order valence-corrected chi connectivity index (χ3v) is 4.04. The van der Waals surface area contributed by atoms with Gasteiger partial charge in [-0.15, -0.1) is 0 Å². The average molecular weight is 194 g/mol. The molecule has 0 aromatic heterocycles. The highest BCUT2D eigenvalue weighted by atomic mass is 15.2. The van der Waals surface area contributed by atoms with Crippen LogP contribution in [0, 0.1) is 17.8 Å². The summed E-state index contributed by atoms with van der Waals surface area (Å²) in [7, 11) is 4.14. The molecule has 3 atom stereocenters. The molecular formula is C12H22N2. The maximum Gasteiger partial charge on any atom is 0.102 e. The van der Waals surface area contributed by atoms with Crippen molar-refractivity contribution < 1.29 is 0 Å². The van der Waals surface area contributed by atoms with Crippen molar-refractivity contribution in [3.8, 4) is 0 Å². The number of fused-ring (bicyclic) bond motifs is 1. The van der Waals surface area contributed by atoms with E-state index in [1.807, 2.05) is 7.05 Å². The van der Waals surface area contributed by atoms with Crippen molar-refractivity contribution in [1.29, 1.82) is 0 Å². The summed E-state index contributed by atoms with van der Waals surface area (Å²) in [5.74, 6) is 3.97. The van der Waals surface area contributed by atoms with E-state index in [1.54, 1.807) is 0 Å². The second-order valence-electron chi connectivity index (χ2n) is 5.08. The lowest BCUT2D eigenvalue weighted by atomic mass is 9.71. The molecule has 1 saturated carbocycles. The van der Waals surface area contributed by atoms with E-state index < -0.39 is 0 Å². The Labute approximate surface area is 87.4 Å². The summed E-state index contributed by atoms with van der Waals surface area (Å²) in [5.41, 5.74) is 0. The van der Waals surface area contributed by atoms with E-state index in [-0.39, 0.29) is 0 Å². The fourth-order valence-corrected chi connectivity index (χ4v) is 3.20. The number of hydrogen-bond acceptors (Lipinski definition) is 1. The zero-order chi connectivity index (χ0) is 10.1. The fraction of sp³-hybridized carbons (Fsp3) is 0.917. The Balaban J connectivity index is 2.15. The first-order valence-corrected chi connectivity index (χ1v) is 5.90. The van der Waals surface area contributed by atoms with Gasteiger partial charge in [0.15, 0.2) is 0 Å². The normalized spacial score (nSPS) is 41.2. The Morgan fingerprint density at radius 2 is 2.07 bits per heavy atom. The summed E-state index contributed by atoms with van der Waals surface area (Å²) in [6.45, 7) is 3.60. The van der Waals surface area contributed by atoms with Crippen LogP contribution in [-0.2, 0) is 0 Å². The van der Waals surface area contributed by atoms with Crippen LogP contribution in [0.25, 0.3) is 0 Å². The SMILES string of the molecule is CN=C1C2CC(C)CCC2CCN1C. The van der Waals surface area contributed by atoms with E-state index in [1.165, 1.54) is 38.1 Å². The van der Waals surface area contributed by atoms with Gasteiger partial charge >= 0.3 is 0 Å². The Morgan fingerprint density at radius 1 is 1.29 bits per heavy atom. The monoisotopic (exact) mass is 194 g/mol. The third kappa shape index (κ3) is 1.67. The predicted octanol–water partition coefficient (Wildman–Crippen LogP) is 2.40. The van der Waals surface area contributed by atoms with Gasteiger partial charge in [-0.1, -0.05) is 13.3 Å². The molecule has 2 aliphatic rings. The molecule has 0 amide bonds. The van der Waals surface area contributed by atoms with Crippen LogP contribution in [0.4, 0.5) is 0 Å². The highest BCUT2D eigenvalue weighted by Crippen LogP contribution is 2.39. The molecular weight excluding hydrogens is 172 g/mol. The smallest absolute Gasteiger partial charge is 0.102 e. The van der Waals surface area contributed by atoms with Gasteiger partial charge in [-0.25, -0.2) is 0 Å². The molecule has 1 heterocycles. The molecule has 0 aromatic carbocycles. The van der Waals surface area contributed by atoms with Crippen LogP contribution >= 0.6 is 0 Å². The lowest BCUT2D eigenvalue weighted by molar-refractivity contribution is 0.181. The Morgan fingerprint density at radius 3 is 2.79 bits per heavy atom. The van der Waals surface area contributed by atoms with E-state index in [9.17, 15) is 0 Å². The molecule has 0 bridgehead atoms. The molecule has 3 unspecified atom stereocenters. The van der Waals surface area contributed by atoms with Crippen molar-refractivity contribution in [2.24, 2.45) is 22.7 Å². The van der Waals surface area contributed by atoms with E-state index >= 15 is 0 Å². The van der Waals surface area contributed by atoms with Crippen LogP contribution in [0.15, 0.2) is 4.99 Å². The van der Waals surface area contributed by atoms with Gasteiger partial charge in [0.2, 0.25) is 0 Å². The van der Waals surface area contributed by atoms with Crippen LogP contribution < -0.4 is 0 Å². The van der Waals surface area contributed by atoms with Crippen molar-refractivity contribution in [2.75, 3.05) is 20.6 Å². The van der Waals surface area contributed by atoms with Crippen LogP contribution in [0.5, 0.6) is 0 Å². The van der Waals surface area contributed by atoms with E-state index in [0.717, 1.165) is 17.8 Å². The molecule has 2 heteroatoms. The first-order chi connectivity index (χ1) is 6.72. The van der Waals surface area contributed by atoms with Crippen LogP contribution in [0.1, 0.15) is 32.6 Å². The molecule has 2 fully saturated rings. The molecule has 0 N–H and O–H groups in total. The molecule has 1 saturated heterocycles. The number of likely N-dealkylation sites (tertiary alicyclic amines) is 1. The van der Waals surface area contributed by atoms with Gasteiger partial charge in [-0.3, -0.25) is 4.99 Å². The summed E-state index contributed by atoms with van der Waals surface area (Å²) in [4.78, 5) is 6.85. The largest absolute Gasteiger partial charge is 0.363 e. The summed E-state index contributed by atoms with van der Waals surface area (Å²) in [6.07, 6.45) is 5.61. The summed E-state index contributed by atoms with van der Waals surface area (Å²) in [6, 6.07) is 0. The predicted molar refractivity (Wildman–Crippen MR) is 60.6 cm³/mol. The van der Waals surface area contributed by atoms with E-state index in [2.05, 4.69) is 23.9 Å². The molecule has 2 nitrogen and oxygen atoms in total. The van der Waals surface area contributed by atoms with Crippen molar-refractivity contribution in [2.45, 2.75) is 32.6 Å². The number of aliphatic imine (C=N–C) groups is 1. The van der Waals surface area contributed by atoms with Crippen molar-refractivity contribution in [3.05, 3.63) is 0 Å². The van der Waals surface area contributed by atoms with E-state index in [0.29, 0.717) is 0 Å². The lowest BCUT2D eigenvalue weighted by Gasteiger charge is -2.43. The van der Waals surface area contributed by atoms with Crippen molar-refractivity contribution in [3.63, 3.8) is 0 Å². The minimum Gasteiger partial charge on any atom is -0.363 e. The summed E-state index contributed by atoms with van der Waals surface area (Å²) in [5, 5.41) is 0. The topological polar surface area (TPSA) is 15.6 Å². The Bertz CT molecular complexity index is 232. The standard InChI is InChI=1S/C12H22N2/c1-9-4-5-10-6-7-14(3)12(13-2)11(10)8-9/h9-11H,4-8H2,1-3H3. The number of amidine groups is 1. The highest BCUT2D eigenvalue weighted by molar-refractivity contribution is 5.85. The number of piperidine rings is 1. The fourth-order valence-electron chi connectivity index (χ4n) is 3.20. The Hall–Kier alpha value is -0.530. The van der Waals surface area contributed by atoms with Gasteiger partial charge in [0.25, 0.3) is 0 Å². The summed E-state index contributed by atoms with van der Waals surface area (Å²) < 4.78 is 0. The zero-order valence-corrected chi connectivity index (χ0v) is 9.66. The van der Waals surface area contributed by atoms with Crippen molar-refractivity contribution >= 4 is 5.84 Å². The van der Waals surface area contributed by atoms with Crippen LogP contribution in [0.2, 0.25) is 0 Å². The quantitative estimate of drug-likeness (QED) is 0.578. The maximum atomic E-state index is 4.49. The number of nitrogens with zero attached hydrogens (tertiary/aromatic N) is 2. The minimum absolute atomic E-state index is 0.766. The first-order valence-electron chi connectivity index (χ1n) is 5.90. The van der Waals surface area contributed by atoms with Crippen LogP contribution in [0.3, 0.4) is 0 Å². The molecule has 80 valence electrons. The van der Waals surface area contributed by atoms with Gasteiger partial charge in [0.05, 0.1) is 0 Å². The second kappa shape index (κ2) is 3.92. The molecule has 0 spiro atoms. The number of rotatable bonds is 0. The molecule has 14 heavy (non-hydrogen) atoms. The average Bonchev–Trinajstić information content (AvgIpc) is 2.17. The molecule has 1 aliphatic heterocycles. The van der Waals surface area contributed by atoms with E-state index in [4.69, 9.17) is 0 Å². The van der Waals surface area contributed by atoms with Gasteiger partial charge in [0, 0.05) is 26.6 Å². The highest BCUT2D eigenvalue weighted by Gasteiger charge is 2.36. The molecule has 0 aromatic rings. The molecule has 2 rings (SSSR count). The zero-order valence-electron chi connectivity index (χ0n) is 9.66. The van der Waals surface area contributed by atoms with Gasteiger partial charge in [-0.05, 0) is 31.1 Å². The second-order valence-corrected chi connectivity index (χ2v) is 5.08. The minimum atomic E-state index is 0.766. The Kier molecular flexibility index (Phi) is 2.80. The maximum absolute atomic E-state index is 4.49. The molecule has 1 aliphatic carbocycles. The van der Waals surface area contributed by atoms with Gasteiger partial charge in [-0.2, -0.15) is 0 Å². The van der Waals surface area contributed by atoms with Gasteiger partial charge in [0.1, 0.15) is 5.84 Å². The first kappa shape index (κ1) is 10.0.